The van der Waals surface area contributed by atoms with Crippen molar-refractivity contribution in [1.82, 2.24) is 9.13 Å². The zero-order chi connectivity index (χ0) is 36.5. The zero-order valence-electron chi connectivity index (χ0n) is 30.4. The third kappa shape index (κ3) is 5.03. The predicted octanol–water partition coefficient (Wildman–Crippen LogP) is 14.3. The van der Waals surface area contributed by atoms with Crippen LogP contribution in [0, 0.1) is 6.92 Å². The minimum atomic E-state index is 1.16. The number of aromatic nitrogens is 2. The van der Waals surface area contributed by atoms with E-state index in [1.165, 1.54) is 99.0 Å². The van der Waals surface area contributed by atoms with Crippen molar-refractivity contribution >= 4 is 54.4 Å². The topological polar surface area (TPSA) is 9.86 Å². The molecule has 0 bridgehead atoms. The van der Waals surface area contributed by atoms with E-state index in [0.29, 0.717) is 0 Å². The Labute approximate surface area is 319 Å². The van der Waals surface area contributed by atoms with Gasteiger partial charge in [-0.1, -0.05) is 146 Å². The first kappa shape index (κ1) is 31.4. The largest absolute Gasteiger partial charge is 0.309 e. The van der Waals surface area contributed by atoms with Gasteiger partial charge in [0.05, 0.1) is 22.1 Å². The summed E-state index contributed by atoms with van der Waals surface area (Å²) in [5.74, 6) is 0. The van der Waals surface area contributed by atoms with E-state index in [2.05, 4.69) is 216 Å². The van der Waals surface area contributed by atoms with Crippen LogP contribution in [0.25, 0.3) is 99.1 Å². The summed E-state index contributed by atoms with van der Waals surface area (Å²) in [6.07, 6.45) is 0. The molecule has 0 unspecified atom stereocenters. The summed E-state index contributed by atoms with van der Waals surface area (Å²) in [6.45, 7) is 2.22. The molecule has 0 fully saturated rings. The molecular formula is C53H36N2. The molecule has 0 spiro atoms. The number of nitrogens with zero attached hydrogens (tertiary/aromatic N) is 2. The molecule has 0 aliphatic carbocycles. The molecule has 2 heteroatoms. The van der Waals surface area contributed by atoms with Crippen LogP contribution in [0.1, 0.15) is 5.56 Å². The fourth-order valence-corrected chi connectivity index (χ4v) is 8.77. The number of rotatable bonds is 5. The third-order valence-electron chi connectivity index (χ3n) is 11.5. The molecule has 0 atom stereocenters. The summed E-state index contributed by atoms with van der Waals surface area (Å²) in [6, 6.07) is 73.3. The van der Waals surface area contributed by atoms with E-state index >= 15 is 0 Å². The van der Waals surface area contributed by atoms with Crippen LogP contribution in [0.15, 0.2) is 200 Å². The maximum Gasteiger partial charge on any atom is 0.0541 e. The van der Waals surface area contributed by atoms with Crippen LogP contribution in [0.4, 0.5) is 0 Å². The number of para-hydroxylation sites is 2. The highest BCUT2D eigenvalue weighted by atomic mass is 15.0. The van der Waals surface area contributed by atoms with Crippen molar-refractivity contribution < 1.29 is 0 Å². The summed E-state index contributed by atoms with van der Waals surface area (Å²) in [5, 5.41) is 7.55. The molecular weight excluding hydrogens is 665 g/mol. The van der Waals surface area contributed by atoms with E-state index < -0.39 is 0 Å². The van der Waals surface area contributed by atoms with Gasteiger partial charge in [0.15, 0.2) is 0 Å². The van der Waals surface area contributed by atoms with Gasteiger partial charge in [-0.15, -0.1) is 0 Å². The Morgan fingerprint density at radius 3 is 1.53 bits per heavy atom. The van der Waals surface area contributed by atoms with E-state index in [0.717, 1.165) is 5.69 Å². The van der Waals surface area contributed by atoms with Crippen LogP contribution >= 0.6 is 0 Å². The van der Waals surface area contributed by atoms with Crippen molar-refractivity contribution in [2.45, 2.75) is 6.92 Å². The average molecular weight is 701 g/mol. The Kier molecular flexibility index (Phi) is 7.11. The lowest BCUT2D eigenvalue weighted by atomic mass is 9.97. The number of benzene rings is 9. The standard InChI is InChI=1S/C53H36N2/c1-35-22-23-41(44-19-11-15-38-14-5-6-16-43(38)44)34-53(35)55-50-21-10-8-18-46(50)48-33-40(27-31-52(48)55)39-26-30-51-47(32-39)45-17-7-9-20-49(45)54(51)42-28-24-37(25-29-42)36-12-3-2-4-13-36/h2-34H,1H3. The molecule has 11 rings (SSSR count). The minimum Gasteiger partial charge on any atom is -0.309 e. The van der Waals surface area contributed by atoms with Crippen molar-refractivity contribution in [1.29, 1.82) is 0 Å². The van der Waals surface area contributed by atoms with Crippen molar-refractivity contribution in [3.8, 4) is 44.8 Å². The Morgan fingerprint density at radius 2 is 0.818 bits per heavy atom. The number of fused-ring (bicyclic) bond motifs is 7. The molecule has 55 heavy (non-hydrogen) atoms. The van der Waals surface area contributed by atoms with Gasteiger partial charge in [-0.25, -0.2) is 0 Å². The molecule has 11 aromatic rings. The van der Waals surface area contributed by atoms with Gasteiger partial charge in [-0.05, 0) is 111 Å². The van der Waals surface area contributed by atoms with E-state index in [9.17, 15) is 0 Å². The number of hydrogen-bond donors (Lipinski definition) is 0. The Balaban J connectivity index is 1.04. The lowest BCUT2D eigenvalue weighted by Crippen LogP contribution is -1.98. The van der Waals surface area contributed by atoms with Gasteiger partial charge in [-0.2, -0.15) is 0 Å². The molecule has 0 aliphatic heterocycles. The summed E-state index contributed by atoms with van der Waals surface area (Å²) in [5.41, 5.74) is 15.8. The quantitative estimate of drug-likeness (QED) is 0.169. The first-order chi connectivity index (χ1) is 27.2. The SMILES string of the molecule is Cc1ccc(-c2cccc3ccccc23)cc1-n1c2ccccc2c2cc(-c3ccc4c(c3)c3ccccc3n4-c3ccc(-c4ccccc4)cc3)ccc21. The molecule has 2 heterocycles. The van der Waals surface area contributed by atoms with Crippen molar-refractivity contribution in [2.75, 3.05) is 0 Å². The smallest absolute Gasteiger partial charge is 0.0541 e. The van der Waals surface area contributed by atoms with E-state index in [1.807, 2.05) is 0 Å². The lowest BCUT2D eigenvalue weighted by molar-refractivity contribution is 1.15. The van der Waals surface area contributed by atoms with Gasteiger partial charge < -0.3 is 9.13 Å². The molecule has 0 N–H and O–H groups in total. The Bertz CT molecular complexity index is 3250. The Morgan fingerprint density at radius 1 is 0.309 bits per heavy atom. The molecule has 2 aromatic heterocycles. The summed E-state index contributed by atoms with van der Waals surface area (Å²) in [7, 11) is 0. The van der Waals surface area contributed by atoms with E-state index in [-0.39, 0.29) is 0 Å². The molecule has 0 aliphatic rings. The molecule has 9 aromatic carbocycles. The molecule has 2 nitrogen and oxygen atoms in total. The molecule has 0 saturated heterocycles. The normalized spacial score (nSPS) is 11.7. The van der Waals surface area contributed by atoms with Crippen LogP contribution in [-0.4, -0.2) is 9.13 Å². The first-order valence-electron chi connectivity index (χ1n) is 19.0. The fourth-order valence-electron chi connectivity index (χ4n) is 8.77. The minimum absolute atomic E-state index is 1.16. The summed E-state index contributed by atoms with van der Waals surface area (Å²) < 4.78 is 4.85. The first-order valence-corrected chi connectivity index (χ1v) is 19.0. The van der Waals surface area contributed by atoms with Gasteiger partial charge in [0.2, 0.25) is 0 Å². The molecule has 0 radical (unpaired) electrons. The summed E-state index contributed by atoms with van der Waals surface area (Å²) >= 11 is 0. The van der Waals surface area contributed by atoms with Crippen LogP contribution in [0.2, 0.25) is 0 Å². The van der Waals surface area contributed by atoms with Crippen molar-refractivity contribution in [3.63, 3.8) is 0 Å². The van der Waals surface area contributed by atoms with E-state index in [4.69, 9.17) is 0 Å². The second-order valence-corrected chi connectivity index (χ2v) is 14.6. The summed E-state index contributed by atoms with van der Waals surface area (Å²) in [4.78, 5) is 0. The fraction of sp³-hybridized carbons (Fsp3) is 0.0189. The monoisotopic (exact) mass is 700 g/mol. The predicted molar refractivity (Wildman–Crippen MR) is 234 cm³/mol. The second-order valence-electron chi connectivity index (χ2n) is 14.6. The number of hydrogen-bond acceptors (Lipinski definition) is 0. The highest BCUT2D eigenvalue weighted by Crippen LogP contribution is 2.40. The second kappa shape index (κ2) is 12.5. The van der Waals surface area contributed by atoms with Crippen molar-refractivity contribution in [2.24, 2.45) is 0 Å². The van der Waals surface area contributed by atoms with Gasteiger partial charge in [-0.3, -0.25) is 0 Å². The molecule has 0 amide bonds. The van der Waals surface area contributed by atoms with Crippen LogP contribution in [-0.2, 0) is 0 Å². The Hall–Kier alpha value is -7.16. The molecule has 258 valence electrons. The van der Waals surface area contributed by atoms with Gasteiger partial charge in [0.1, 0.15) is 0 Å². The highest BCUT2D eigenvalue weighted by Gasteiger charge is 2.18. The maximum atomic E-state index is 2.46. The maximum absolute atomic E-state index is 2.46. The highest BCUT2D eigenvalue weighted by molar-refractivity contribution is 6.13. The van der Waals surface area contributed by atoms with Crippen LogP contribution < -0.4 is 0 Å². The van der Waals surface area contributed by atoms with Crippen molar-refractivity contribution in [3.05, 3.63) is 206 Å². The van der Waals surface area contributed by atoms with Gasteiger partial charge >= 0.3 is 0 Å². The van der Waals surface area contributed by atoms with Gasteiger partial charge in [0, 0.05) is 32.9 Å². The van der Waals surface area contributed by atoms with Crippen LogP contribution in [0.5, 0.6) is 0 Å². The number of aryl methyl sites for hydroxylation is 1. The van der Waals surface area contributed by atoms with Gasteiger partial charge in [0.25, 0.3) is 0 Å². The van der Waals surface area contributed by atoms with E-state index in [1.54, 1.807) is 0 Å². The molecule has 0 saturated carbocycles. The zero-order valence-corrected chi connectivity index (χ0v) is 30.4. The third-order valence-corrected chi connectivity index (χ3v) is 11.5. The average Bonchev–Trinajstić information content (AvgIpc) is 3.76. The lowest BCUT2D eigenvalue weighted by Gasteiger charge is -2.15. The van der Waals surface area contributed by atoms with Crippen LogP contribution in [0.3, 0.4) is 0 Å².